The van der Waals surface area contributed by atoms with Gasteiger partial charge in [0.1, 0.15) is 16.9 Å². The number of hydrogen-bond acceptors (Lipinski definition) is 7. The molecule has 0 N–H and O–H groups in total. The lowest BCUT2D eigenvalue weighted by Gasteiger charge is -2.22. The number of anilines is 1. The third kappa shape index (κ3) is 4.00. The SMILES string of the molecule is COC(=O)c1c(-c2ccc(C)cc2)oc2cc(N(S(C)(=O)=O)S(C)(=O)=O)c(C3CC3)cc12. The summed E-state index contributed by atoms with van der Waals surface area (Å²) < 4.78 is 61.1. The van der Waals surface area contributed by atoms with Gasteiger partial charge >= 0.3 is 5.97 Å². The summed E-state index contributed by atoms with van der Waals surface area (Å²) in [6.07, 6.45) is 3.26. The Morgan fingerprint density at radius 1 is 1.03 bits per heavy atom. The van der Waals surface area contributed by atoms with E-state index >= 15 is 0 Å². The summed E-state index contributed by atoms with van der Waals surface area (Å²) in [5.41, 5.74) is 2.63. The zero-order chi connectivity index (χ0) is 23.4. The fourth-order valence-corrected chi connectivity index (χ4v) is 6.84. The number of nitrogens with zero attached hydrogens (tertiary/aromatic N) is 1. The van der Waals surface area contributed by atoms with Crippen LogP contribution in [0.1, 0.15) is 40.2 Å². The van der Waals surface area contributed by atoms with E-state index in [9.17, 15) is 21.6 Å². The number of furan rings is 1. The van der Waals surface area contributed by atoms with E-state index in [1.54, 1.807) is 6.07 Å². The van der Waals surface area contributed by atoms with Crippen molar-refractivity contribution in [2.45, 2.75) is 25.7 Å². The Balaban J connectivity index is 2.06. The maximum atomic E-state index is 12.7. The first-order valence-electron chi connectivity index (χ1n) is 9.88. The van der Waals surface area contributed by atoms with Crippen molar-refractivity contribution < 1.29 is 30.8 Å². The Kier molecular flexibility index (Phi) is 5.33. The number of benzene rings is 2. The number of ether oxygens (including phenoxy) is 1. The van der Waals surface area contributed by atoms with E-state index in [0.29, 0.717) is 20.2 Å². The van der Waals surface area contributed by atoms with E-state index < -0.39 is 26.0 Å². The quantitative estimate of drug-likeness (QED) is 0.497. The van der Waals surface area contributed by atoms with Crippen LogP contribution >= 0.6 is 0 Å². The maximum absolute atomic E-state index is 12.7. The minimum atomic E-state index is -4.14. The molecule has 0 unspecified atom stereocenters. The number of rotatable bonds is 6. The lowest BCUT2D eigenvalue weighted by atomic mass is 10.0. The molecule has 0 atom stereocenters. The molecule has 0 radical (unpaired) electrons. The summed E-state index contributed by atoms with van der Waals surface area (Å²) in [7, 11) is -7.01. The van der Waals surface area contributed by atoms with Gasteiger partial charge in [-0.05, 0) is 37.3 Å². The van der Waals surface area contributed by atoms with Gasteiger partial charge in [-0.2, -0.15) is 3.71 Å². The number of methoxy groups -OCH3 is 1. The molecule has 1 fully saturated rings. The molecule has 3 aromatic rings. The number of carbonyl (C=O) groups is 1. The van der Waals surface area contributed by atoms with Gasteiger partial charge < -0.3 is 9.15 Å². The van der Waals surface area contributed by atoms with Crippen LogP contribution in [0.4, 0.5) is 5.69 Å². The van der Waals surface area contributed by atoms with Crippen LogP contribution in [-0.2, 0) is 24.8 Å². The van der Waals surface area contributed by atoms with Crippen LogP contribution < -0.4 is 3.71 Å². The van der Waals surface area contributed by atoms with Crippen LogP contribution in [0.15, 0.2) is 40.8 Å². The maximum Gasteiger partial charge on any atom is 0.342 e. The van der Waals surface area contributed by atoms with E-state index in [4.69, 9.17) is 9.15 Å². The van der Waals surface area contributed by atoms with Crippen molar-refractivity contribution in [1.82, 2.24) is 0 Å². The average Bonchev–Trinajstić information content (AvgIpc) is 3.46. The van der Waals surface area contributed by atoms with Gasteiger partial charge in [0.15, 0.2) is 0 Å². The molecule has 0 saturated heterocycles. The summed E-state index contributed by atoms with van der Waals surface area (Å²) in [4.78, 5) is 12.7. The van der Waals surface area contributed by atoms with Gasteiger partial charge in [0.25, 0.3) is 0 Å². The molecule has 1 aliphatic carbocycles. The van der Waals surface area contributed by atoms with Crippen molar-refractivity contribution in [3.8, 4) is 11.3 Å². The van der Waals surface area contributed by atoms with E-state index in [0.717, 1.165) is 30.9 Å². The molecular formula is C22H23NO7S2. The minimum absolute atomic E-state index is 0.0105. The van der Waals surface area contributed by atoms with Gasteiger partial charge in [-0.25, -0.2) is 21.6 Å². The molecular weight excluding hydrogens is 454 g/mol. The van der Waals surface area contributed by atoms with Crippen molar-refractivity contribution >= 4 is 42.7 Å². The Hall–Kier alpha value is -2.85. The van der Waals surface area contributed by atoms with Crippen LogP contribution in [0, 0.1) is 6.92 Å². The fraction of sp³-hybridized carbons (Fsp3) is 0.318. The summed E-state index contributed by atoms with van der Waals surface area (Å²) in [6.45, 7) is 1.93. The highest BCUT2D eigenvalue weighted by molar-refractivity contribution is 8.09. The molecule has 0 spiro atoms. The molecule has 0 amide bonds. The Morgan fingerprint density at radius 2 is 1.62 bits per heavy atom. The first-order chi connectivity index (χ1) is 14.9. The topological polar surface area (TPSA) is 111 Å². The highest BCUT2D eigenvalue weighted by Crippen LogP contribution is 2.48. The second-order valence-corrected chi connectivity index (χ2v) is 12.0. The van der Waals surface area contributed by atoms with Crippen LogP contribution in [0.2, 0.25) is 0 Å². The summed E-state index contributed by atoms with van der Waals surface area (Å²) >= 11 is 0. The number of hydrogen-bond donors (Lipinski definition) is 0. The van der Waals surface area contributed by atoms with E-state index in [2.05, 4.69) is 0 Å². The zero-order valence-corrected chi connectivity index (χ0v) is 19.7. The second-order valence-electron chi connectivity index (χ2n) is 8.07. The molecule has 4 rings (SSSR count). The van der Waals surface area contributed by atoms with Crippen molar-refractivity contribution in [2.24, 2.45) is 0 Å². The average molecular weight is 478 g/mol. The van der Waals surface area contributed by atoms with Crippen LogP contribution in [0.3, 0.4) is 0 Å². The van der Waals surface area contributed by atoms with Gasteiger partial charge in [0.2, 0.25) is 20.0 Å². The second kappa shape index (κ2) is 7.63. The van der Waals surface area contributed by atoms with E-state index in [1.807, 2.05) is 31.2 Å². The smallest absolute Gasteiger partial charge is 0.342 e. The van der Waals surface area contributed by atoms with E-state index in [-0.39, 0.29) is 28.5 Å². The Bertz CT molecular complexity index is 1400. The molecule has 8 nitrogen and oxygen atoms in total. The molecule has 1 aliphatic rings. The number of aryl methyl sites for hydroxylation is 1. The molecule has 1 heterocycles. The molecule has 2 aromatic carbocycles. The molecule has 170 valence electrons. The molecule has 32 heavy (non-hydrogen) atoms. The van der Waals surface area contributed by atoms with Crippen LogP contribution in [0.5, 0.6) is 0 Å². The minimum Gasteiger partial charge on any atom is -0.465 e. The van der Waals surface area contributed by atoms with Gasteiger partial charge in [-0.15, -0.1) is 0 Å². The molecule has 0 bridgehead atoms. The third-order valence-corrected chi connectivity index (χ3v) is 8.58. The summed E-state index contributed by atoms with van der Waals surface area (Å²) in [5, 5.41) is 0.444. The predicted octanol–water partition coefficient (Wildman–Crippen LogP) is 3.80. The largest absolute Gasteiger partial charge is 0.465 e. The Morgan fingerprint density at radius 3 is 2.12 bits per heavy atom. The van der Waals surface area contributed by atoms with Crippen LogP contribution in [-0.4, -0.2) is 42.4 Å². The highest BCUT2D eigenvalue weighted by Gasteiger charge is 2.36. The number of esters is 1. The fourth-order valence-electron chi connectivity index (χ4n) is 3.84. The number of carbonyl (C=O) groups excluding carboxylic acids is 1. The first kappa shape index (κ1) is 22.3. The van der Waals surface area contributed by atoms with Crippen molar-refractivity contribution in [3.63, 3.8) is 0 Å². The van der Waals surface area contributed by atoms with Gasteiger partial charge in [-0.3, -0.25) is 0 Å². The highest BCUT2D eigenvalue weighted by atomic mass is 32.3. The van der Waals surface area contributed by atoms with Crippen molar-refractivity contribution in [2.75, 3.05) is 23.3 Å². The standard InChI is InChI=1S/C22H23NO7S2/c1-13-5-7-15(8-6-13)21-20(22(24)29-2)17-11-16(14-9-10-14)18(12-19(17)30-21)23(31(3,25)26)32(4,27)28/h5-8,11-12,14H,9-10H2,1-4H3. The molecule has 1 aromatic heterocycles. The van der Waals surface area contributed by atoms with Crippen molar-refractivity contribution in [1.29, 1.82) is 0 Å². The monoisotopic (exact) mass is 477 g/mol. The van der Waals surface area contributed by atoms with Crippen LogP contribution in [0.25, 0.3) is 22.3 Å². The number of sulfonamides is 2. The van der Waals surface area contributed by atoms with E-state index in [1.165, 1.54) is 13.2 Å². The lowest BCUT2D eigenvalue weighted by Crippen LogP contribution is -2.35. The Labute approximate surface area is 186 Å². The third-order valence-electron chi connectivity index (χ3n) is 5.36. The molecule has 10 heteroatoms. The normalized spacial score (nSPS) is 14.5. The van der Waals surface area contributed by atoms with Gasteiger partial charge in [0.05, 0.1) is 25.3 Å². The zero-order valence-electron chi connectivity index (χ0n) is 18.1. The lowest BCUT2D eigenvalue weighted by molar-refractivity contribution is 0.0603. The van der Waals surface area contributed by atoms with Crippen molar-refractivity contribution in [3.05, 3.63) is 53.1 Å². The number of fused-ring (bicyclic) bond motifs is 1. The van der Waals surface area contributed by atoms with Gasteiger partial charge in [-0.1, -0.05) is 29.8 Å². The predicted molar refractivity (Wildman–Crippen MR) is 122 cm³/mol. The molecule has 0 aliphatic heterocycles. The van der Waals surface area contributed by atoms with Gasteiger partial charge in [0, 0.05) is 17.0 Å². The summed E-state index contributed by atoms with van der Waals surface area (Å²) in [6, 6.07) is 10.4. The summed E-state index contributed by atoms with van der Waals surface area (Å²) in [5.74, 6) is -0.337. The first-order valence-corrected chi connectivity index (χ1v) is 13.6. The molecule has 1 saturated carbocycles.